The Bertz CT molecular complexity index is 895. The van der Waals surface area contributed by atoms with Crippen LogP contribution in [0.25, 0.3) is 0 Å². The molecule has 1 heterocycles. The lowest BCUT2D eigenvalue weighted by molar-refractivity contribution is -0.161. The molecule has 1 aliphatic heterocycles. The van der Waals surface area contributed by atoms with Gasteiger partial charge in [0.25, 0.3) is 0 Å². The first-order valence-electron chi connectivity index (χ1n) is 9.41. The number of rotatable bonds is 7. The van der Waals surface area contributed by atoms with Crippen molar-refractivity contribution in [1.82, 2.24) is 9.80 Å². The van der Waals surface area contributed by atoms with Crippen molar-refractivity contribution >= 4 is 24.0 Å². The molecule has 1 aliphatic rings. The Kier molecular flexibility index (Phi) is 6.39. The van der Waals surface area contributed by atoms with Crippen LogP contribution in [0, 0.1) is 0 Å². The van der Waals surface area contributed by atoms with E-state index in [9.17, 15) is 19.2 Å². The van der Waals surface area contributed by atoms with Gasteiger partial charge in [0, 0.05) is 19.6 Å². The summed E-state index contributed by atoms with van der Waals surface area (Å²) in [5, 5.41) is 0. The third-order valence-electron chi connectivity index (χ3n) is 4.85. The number of nitrogens with zero attached hydrogens (tertiary/aromatic N) is 2. The minimum atomic E-state index is -1.15. The van der Waals surface area contributed by atoms with Crippen LogP contribution in [0.3, 0.4) is 0 Å². The number of imide groups is 1. The minimum Gasteiger partial charge on any atom is -0.489 e. The Morgan fingerprint density at radius 1 is 1.03 bits per heavy atom. The van der Waals surface area contributed by atoms with Crippen LogP contribution in [0.5, 0.6) is 5.75 Å². The molecule has 150 valence electrons. The molecule has 0 N–H and O–H groups in total. The summed E-state index contributed by atoms with van der Waals surface area (Å²) < 4.78 is 5.70. The Balaban J connectivity index is 1.68. The second-order valence-electron chi connectivity index (χ2n) is 6.64. The van der Waals surface area contributed by atoms with Crippen molar-refractivity contribution in [2.75, 3.05) is 19.6 Å². The van der Waals surface area contributed by atoms with Crippen molar-refractivity contribution < 1.29 is 23.9 Å². The van der Waals surface area contributed by atoms with Gasteiger partial charge in [0.15, 0.2) is 0 Å². The molecule has 3 rings (SSSR count). The quantitative estimate of drug-likeness (QED) is 0.406. The van der Waals surface area contributed by atoms with Gasteiger partial charge in [-0.15, -0.1) is 0 Å². The van der Waals surface area contributed by atoms with Gasteiger partial charge in [-0.25, -0.2) is 0 Å². The molecular weight excluding hydrogens is 372 g/mol. The van der Waals surface area contributed by atoms with Crippen LogP contribution in [-0.4, -0.2) is 53.4 Å². The number of hydrogen-bond acceptors (Lipinski definition) is 5. The number of carbonyl (C=O) groups is 4. The van der Waals surface area contributed by atoms with E-state index in [0.29, 0.717) is 30.8 Å². The highest BCUT2D eigenvalue weighted by Crippen LogP contribution is 2.22. The van der Waals surface area contributed by atoms with Crippen molar-refractivity contribution in [1.29, 1.82) is 0 Å². The number of likely N-dealkylation sites (N-methyl/N-ethyl adjacent to an activating group) is 1. The third-order valence-corrected chi connectivity index (χ3v) is 4.85. The molecule has 2 aromatic carbocycles. The van der Waals surface area contributed by atoms with E-state index in [1.807, 2.05) is 30.3 Å². The molecule has 7 heteroatoms. The van der Waals surface area contributed by atoms with Gasteiger partial charge in [0.2, 0.25) is 5.91 Å². The summed E-state index contributed by atoms with van der Waals surface area (Å²) in [5.74, 6) is -2.85. The van der Waals surface area contributed by atoms with E-state index in [0.717, 1.165) is 10.5 Å². The van der Waals surface area contributed by atoms with Crippen molar-refractivity contribution in [3.63, 3.8) is 0 Å². The van der Waals surface area contributed by atoms with Crippen LogP contribution in [0.2, 0.25) is 0 Å². The summed E-state index contributed by atoms with van der Waals surface area (Å²) in [6.07, 6.45) is 0.492. The SMILES string of the molecule is CCN1CCN(C(=O)C(C=O)c2ccc(OCc3ccccc3)cc2)C(=O)C1=O. The van der Waals surface area contributed by atoms with Crippen molar-refractivity contribution in [3.8, 4) is 5.75 Å². The number of carbonyl (C=O) groups excluding carboxylic acids is 4. The number of amides is 3. The number of aldehydes is 1. The fourth-order valence-electron chi connectivity index (χ4n) is 3.15. The zero-order chi connectivity index (χ0) is 20.8. The first-order chi connectivity index (χ1) is 14.0. The summed E-state index contributed by atoms with van der Waals surface area (Å²) in [6.45, 7) is 2.91. The highest BCUT2D eigenvalue weighted by Gasteiger charge is 2.38. The summed E-state index contributed by atoms with van der Waals surface area (Å²) in [4.78, 5) is 50.9. The van der Waals surface area contributed by atoms with Gasteiger partial charge in [-0.1, -0.05) is 42.5 Å². The molecule has 7 nitrogen and oxygen atoms in total. The summed E-state index contributed by atoms with van der Waals surface area (Å²) in [5.41, 5.74) is 1.46. The second-order valence-corrected chi connectivity index (χ2v) is 6.64. The highest BCUT2D eigenvalue weighted by molar-refractivity contribution is 6.38. The summed E-state index contributed by atoms with van der Waals surface area (Å²) >= 11 is 0. The third kappa shape index (κ3) is 4.51. The standard InChI is InChI=1S/C22H22N2O5/c1-2-23-12-13-24(22(28)21(23)27)20(26)19(14-25)17-8-10-18(11-9-17)29-15-16-6-4-3-5-7-16/h3-11,14,19H,2,12-13,15H2,1H3. The van der Waals surface area contributed by atoms with Gasteiger partial charge in [0.1, 0.15) is 24.6 Å². The number of ether oxygens (including phenoxy) is 1. The molecule has 29 heavy (non-hydrogen) atoms. The molecule has 0 bridgehead atoms. The average molecular weight is 394 g/mol. The first kappa shape index (κ1) is 20.3. The zero-order valence-corrected chi connectivity index (χ0v) is 16.1. The van der Waals surface area contributed by atoms with E-state index in [1.165, 1.54) is 4.90 Å². The van der Waals surface area contributed by atoms with Crippen LogP contribution in [0.1, 0.15) is 24.0 Å². The van der Waals surface area contributed by atoms with E-state index in [-0.39, 0.29) is 13.1 Å². The smallest absolute Gasteiger partial charge is 0.318 e. The van der Waals surface area contributed by atoms with Gasteiger partial charge < -0.3 is 14.4 Å². The van der Waals surface area contributed by atoms with Crippen molar-refractivity contribution in [2.24, 2.45) is 0 Å². The molecule has 1 unspecified atom stereocenters. The molecule has 2 aromatic rings. The molecule has 1 fully saturated rings. The minimum absolute atomic E-state index is 0.0832. The van der Waals surface area contributed by atoms with E-state index >= 15 is 0 Å². The van der Waals surface area contributed by atoms with Gasteiger partial charge >= 0.3 is 11.8 Å². The Labute approximate surface area is 168 Å². The molecule has 0 radical (unpaired) electrons. The maximum atomic E-state index is 12.7. The number of hydrogen-bond donors (Lipinski definition) is 0. The normalized spacial score (nSPS) is 15.2. The molecule has 1 saturated heterocycles. The van der Waals surface area contributed by atoms with E-state index in [4.69, 9.17) is 4.74 Å². The summed E-state index contributed by atoms with van der Waals surface area (Å²) in [6, 6.07) is 16.3. The van der Waals surface area contributed by atoms with E-state index in [1.54, 1.807) is 31.2 Å². The highest BCUT2D eigenvalue weighted by atomic mass is 16.5. The lowest BCUT2D eigenvalue weighted by atomic mass is 9.98. The van der Waals surface area contributed by atoms with Gasteiger partial charge in [-0.3, -0.25) is 19.3 Å². The Morgan fingerprint density at radius 2 is 1.72 bits per heavy atom. The van der Waals surface area contributed by atoms with Gasteiger partial charge in [-0.2, -0.15) is 0 Å². The maximum Gasteiger partial charge on any atom is 0.318 e. The molecule has 0 spiro atoms. The van der Waals surface area contributed by atoms with Gasteiger partial charge in [-0.05, 0) is 30.2 Å². The van der Waals surface area contributed by atoms with E-state index < -0.39 is 23.6 Å². The van der Waals surface area contributed by atoms with Gasteiger partial charge in [0.05, 0.1) is 0 Å². The van der Waals surface area contributed by atoms with Crippen LogP contribution in [0.15, 0.2) is 54.6 Å². The van der Waals surface area contributed by atoms with E-state index in [2.05, 4.69) is 0 Å². The Hall–Kier alpha value is -3.48. The molecular formula is C22H22N2O5. The van der Waals surface area contributed by atoms with Crippen LogP contribution in [-0.2, 0) is 25.8 Å². The predicted molar refractivity (Wildman–Crippen MR) is 105 cm³/mol. The lowest BCUT2D eigenvalue weighted by Gasteiger charge is -2.32. The monoisotopic (exact) mass is 394 g/mol. The largest absolute Gasteiger partial charge is 0.489 e. The molecule has 0 aliphatic carbocycles. The molecule has 0 saturated carbocycles. The fourth-order valence-corrected chi connectivity index (χ4v) is 3.15. The topological polar surface area (TPSA) is 84.0 Å². The first-order valence-corrected chi connectivity index (χ1v) is 9.41. The lowest BCUT2D eigenvalue weighted by Crippen LogP contribution is -2.57. The average Bonchev–Trinajstić information content (AvgIpc) is 2.76. The number of benzene rings is 2. The fraction of sp³-hybridized carbons (Fsp3) is 0.273. The Morgan fingerprint density at radius 3 is 2.34 bits per heavy atom. The molecule has 3 amide bonds. The zero-order valence-electron chi connectivity index (χ0n) is 16.1. The maximum absolute atomic E-state index is 12.7. The molecule has 0 aromatic heterocycles. The van der Waals surface area contributed by atoms with Crippen LogP contribution >= 0.6 is 0 Å². The van der Waals surface area contributed by atoms with Crippen molar-refractivity contribution in [3.05, 3.63) is 65.7 Å². The molecule has 1 atom stereocenters. The van der Waals surface area contributed by atoms with Crippen LogP contribution in [0.4, 0.5) is 0 Å². The second kappa shape index (κ2) is 9.14. The summed E-state index contributed by atoms with van der Waals surface area (Å²) in [7, 11) is 0. The number of piperazine rings is 1. The van der Waals surface area contributed by atoms with Crippen LogP contribution < -0.4 is 4.74 Å². The van der Waals surface area contributed by atoms with Crippen molar-refractivity contribution in [2.45, 2.75) is 19.4 Å². The predicted octanol–water partition coefficient (Wildman–Crippen LogP) is 1.77.